The highest BCUT2D eigenvalue weighted by atomic mass is 31.3. The summed E-state index contributed by atoms with van der Waals surface area (Å²) in [7, 11) is -13.2. The molecule has 0 spiro atoms. The van der Waals surface area contributed by atoms with Crippen LogP contribution in [0.15, 0.2) is 23.8 Å². The van der Waals surface area contributed by atoms with Gasteiger partial charge in [-0.3, -0.25) is 28.0 Å². The van der Waals surface area contributed by atoms with Gasteiger partial charge in [0.2, 0.25) is 11.7 Å². The van der Waals surface area contributed by atoms with Crippen LogP contribution in [0.4, 0.5) is 11.8 Å². The Morgan fingerprint density at radius 2 is 1.57 bits per heavy atom. The van der Waals surface area contributed by atoms with E-state index >= 15 is 0 Å². The van der Waals surface area contributed by atoms with Gasteiger partial charge in [-0.25, -0.2) is 33.2 Å². The van der Waals surface area contributed by atoms with Crippen molar-refractivity contribution in [1.82, 2.24) is 34.1 Å². The van der Waals surface area contributed by atoms with Gasteiger partial charge in [-0.2, -0.15) is 8.62 Å². The van der Waals surface area contributed by atoms with Crippen LogP contribution in [0.5, 0.6) is 0 Å². The van der Waals surface area contributed by atoms with Crippen LogP contribution < -0.4 is 21.6 Å². The molecule has 0 bridgehead atoms. The number of phosphoric acid groups is 3. The zero-order valence-corrected chi connectivity index (χ0v) is 30.2. The lowest BCUT2D eigenvalue weighted by atomic mass is 10.1. The molecule has 0 aromatic carbocycles. The number of aliphatic hydroxyl groups excluding tert-OH is 2. The number of imidazole rings is 2. The first-order valence-corrected chi connectivity index (χ1v) is 19.5. The summed E-state index contributed by atoms with van der Waals surface area (Å²) in [5.74, 6) is -0.171. The van der Waals surface area contributed by atoms with E-state index in [1.54, 1.807) is 0 Å². The topological polar surface area (TPSA) is 376 Å². The van der Waals surface area contributed by atoms with Gasteiger partial charge in [0.05, 0.1) is 26.6 Å². The Balaban J connectivity index is 1.06. The predicted molar refractivity (Wildman–Crippen MR) is 171 cm³/mol. The van der Waals surface area contributed by atoms with Crippen LogP contribution >= 0.6 is 23.5 Å². The third-order valence-corrected chi connectivity index (χ3v) is 12.4. The van der Waals surface area contributed by atoms with Gasteiger partial charge in [0.1, 0.15) is 48.5 Å². The average Bonchev–Trinajstić information content (AvgIpc) is 3.80. The molecular weight excluding hydrogens is 781 g/mol. The van der Waals surface area contributed by atoms with Gasteiger partial charge in [-0.1, -0.05) is 4.98 Å². The van der Waals surface area contributed by atoms with Crippen LogP contribution in [-0.4, -0.2) is 123 Å². The lowest BCUT2D eigenvalue weighted by Crippen LogP contribution is -2.46. The van der Waals surface area contributed by atoms with E-state index in [4.69, 9.17) is 39.5 Å². The molecule has 2 aliphatic rings. The molecule has 2 saturated heterocycles. The van der Waals surface area contributed by atoms with Gasteiger partial charge in [-0.15, -0.1) is 0 Å². The number of hydrogen-bond donors (Lipinski definition) is 8. The van der Waals surface area contributed by atoms with Crippen LogP contribution in [0.2, 0.25) is 0 Å². The Kier molecular flexibility index (Phi) is 10.9. The summed E-state index contributed by atoms with van der Waals surface area (Å²) in [4.78, 5) is 61.3. The van der Waals surface area contributed by atoms with Gasteiger partial charge in [0.25, 0.3) is 11.5 Å². The van der Waals surface area contributed by atoms with Crippen molar-refractivity contribution in [3.05, 3.63) is 29.3 Å². The lowest BCUT2D eigenvalue weighted by Gasteiger charge is -2.21. The molecular formula is C23H34N10O17P3+. The molecule has 53 heavy (non-hydrogen) atoms. The fourth-order valence-electron chi connectivity index (χ4n) is 5.88. The van der Waals surface area contributed by atoms with E-state index in [1.807, 2.05) is 0 Å². The minimum absolute atomic E-state index is 0.0132. The molecule has 2 aliphatic heterocycles. The minimum atomic E-state index is -5.93. The second-order valence-electron chi connectivity index (χ2n) is 11.5. The molecule has 0 aliphatic carbocycles. The van der Waals surface area contributed by atoms with Gasteiger partial charge < -0.3 is 55.3 Å². The average molecular weight is 815 g/mol. The Labute approximate surface area is 295 Å². The maximum atomic E-state index is 12.7. The number of phosphoric ester groups is 2. The number of aliphatic hydroxyl groups is 2. The van der Waals surface area contributed by atoms with E-state index in [0.29, 0.717) is 0 Å². The third kappa shape index (κ3) is 7.92. The molecule has 4 aromatic rings. The highest BCUT2D eigenvalue weighted by Crippen LogP contribution is 2.67. The summed E-state index contributed by atoms with van der Waals surface area (Å²) >= 11 is 0. The monoisotopic (exact) mass is 815 g/mol. The molecule has 10 N–H and O–H groups in total. The number of nitrogens with one attached hydrogen (secondary N) is 1. The lowest BCUT2D eigenvalue weighted by molar-refractivity contribution is -0.745. The molecule has 0 radical (unpaired) electrons. The van der Waals surface area contributed by atoms with E-state index in [-0.39, 0.29) is 34.1 Å². The van der Waals surface area contributed by atoms with Gasteiger partial charge in [0.15, 0.2) is 24.0 Å². The van der Waals surface area contributed by atoms with Crippen LogP contribution in [0.25, 0.3) is 22.3 Å². The smallest absolute Gasteiger partial charge is 0.387 e. The van der Waals surface area contributed by atoms with Crippen molar-refractivity contribution in [3.8, 4) is 0 Å². The number of nitrogen functional groups attached to an aromatic ring is 2. The van der Waals surface area contributed by atoms with Crippen molar-refractivity contribution >= 4 is 57.6 Å². The Morgan fingerprint density at radius 1 is 0.925 bits per heavy atom. The Morgan fingerprint density at radius 3 is 2.21 bits per heavy atom. The number of ether oxygens (including phenoxy) is 4. The summed E-state index contributed by atoms with van der Waals surface area (Å²) < 4.78 is 81.8. The molecule has 2 fully saturated rings. The van der Waals surface area contributed by atoms with Crippen molar-refractivity contribution in [1.29, 1.82) is 0 Å². The van der Waals surface area contributed by atoms with Crippen LogP contribution in [0.3, 0.4) is 0 Å². The van der Waals surface area contributed by atoms with Crippen LogP contribution in [0, 0.1) is 0 Å². The Bertz CT molecular complexity index is 2200. The molecule has 0 amide bonds. The number of H-pyrrole nitrogens is 1. The normalized spacial score (nSPS) is 29.7. The van der Waals surface area contributed by atoms with Crippen molar-refractivity contribution in [2.75, 3.05) is 38.9 Å². The largest absolute Gasteiger partial charge is 0.490 e. The van der Waals surface area contributed by atoms with Gasteiger partial charge >= 0.3 is 29.1 Å². The summed E-state index contributed by atoms with van der Waals surface area (Å²) in [6.45, 7) is -1.85. The van der Waals surface area contributed by atoms with E-state index in [0.717, 1.165) is 0 Å². The predicted octanol–water partition coefficient (Wildman–Crippen LogP) is -2.53. The fourth-order valence-corrected chi connectivity index (χ4v) is 9.40. The van der Waals surface area contributed by atoms with Gasteiger partial charge in [-0.05, 0) is 0 Å². The number of aryl methyl sites for hydroxylation is 1. The zero-order chi connectivity index (χ0) is 38.6. The van der Waals surface area contributed by atoms with Crippen LogP contribution in [-0.2, 0) is 57.4 Å². The maximum Gasteiger partial charge on any atom is 0.490 e. The highest BCUT2D eigenvalue weighted by molar-refractivity contribution is 7.66. The SMILES string of the molecule is CO[C@@H]1[C@H](O)[C@H]([n+]2cn(C)c3c(=O)[nH]c(N)nc32)O[C@@H]1COP(=O)(O)OP(=O)(O)OP(=O)(O)OC[C@H]1O[C@@H](n2cnc3c(N)ncnc32)[C@@H](OC)[C@H]1O. The second-order valence-corrected chi connectivity index (χ2v) is 16.1. The number of nitrogens with two attached hydrogens (primary N) is 2. The molecule has 6 heterocycles. The fraction of sp³-hybridized carbons (Fsp3) is 0.565. The summed E-state index contributed by atoms with van der Waals surface area (Å²) in [6.07, 6.45) is -6.70. The summed E-state index contributed by atoms with van der Waals surface area (Å²) in [5, 5.41) is 21.7. The summed E-state index contributed by atoms with van der Waals surface area (Å²) in [5.41, 5.74) is 11.4. The third-order valence-electron chi connectivity index (χ3n) is 8.11. The zero-order valence-electron chi connectivity index (χ0n) is 27.5. The standard InChI is InChI=1S/C23H33N10O17P3/c1-31-8-33(19-12(31)20(36)30-23(25)29-19)21-14(35)15(43-2)10(48-21)5-46-52(39,40)50-53(41,42)49-51(37,38)45-4-9-13(34)16(44-3)22(47-9)32-7-28-11-17(24)26-6-27-18(11)32/h6-10,13-16,21-22,34-35H,4-5H2,1-3H3,(H7-,24,25,26,27,29,30,36,37,38,39,40,41,42)/p+1/t9-,10-,13+,14+,15+,16+,21-,22-/m1/s1. The van der Waals surface area contributed by atoms with Crippen molar-refractivity contribution in [2.45, 2.75) is 49.1 Å². The maximum absolute atomic E-state index is 12.7. The van der Waals surface area contributed by atoms with Gasteiger partial charge in [0, 0.05) is 14.2 Å². The summed E-state index contributed by atoms with van der Waals surface area (Å²) in [6, 6.07) is 0. The molecule has 4 aromatic heterocycles. The molecule has 27 nitrogen and oxygen atoms in total. The molecule has 3 unspecified atom stereocenters. The van der Waals surface area contributed by atoms with E-state index in [9.17, 15) is 43.4 Å². The molecule has 292 valence electrons. The number of nitrogens with zero attached hydrogens (tertiary/aromatic N) is 7. The number of anilines is 2. The van der Waals surface area contributed by atoms with Crippen molar-refractivity contribution in [2.24, 2.45) is 7.05 Å². The highest BCUT2D eigenvalue weighted by Gasteiger charge is 2.51. The number of rotatable bonds is 14. The van der Waals surface area contributed by atoms with Crippen LogP contribution in [0.1, 0.15) is 12.5 Å². The number of aromatic amines is 1. The number of methoxy groups -OCH3 is 2. The van der Waals surface area contributed by atoms with Crippen molar-refractivity contribution < 1.29 is 79.8 Å². The quantitative estimate of drug-likeness (QED) is 0.0480. The first-order valence-electron chi connectivity index (χ1n) is 15.0. The number of aromatic nitrogens is 8. The van der Waals surface area contributed by atoms with Crippen molar-refractivity contribution in [3.63, 3.8) is 0 Å². The molecule has 6 rings (SSSR count). The van der Waals surface area contributed by atoms with E-state index in [1.165, 1.54) is 54.0 Å². The Hall–Kier alpha value is -3.33. The number of fused-ring (bicyclic) bond motifs is 2. The number of hydrogen-bond acceptors (Lipinski definition) is 20. The minimum Gasteiger partial charge on any atom is -0.387 e. The molecule has 11 atom stereocenters. The van der Waals surface area contributed by atoms with E-state index < -0.39 is 91.3 Å². The first kappa shape index (κ1) is 39.4. The second kappa shape index (κ2) is 14.7. The first-order chi connectivity index (χ1) is 24.8. The molecule has 0 saturated carbocycles. The van der Waals surface area contributed by atoms with E-state index in [2.05, 4.69) is 33.5 Å². The molecule has 30 heteroatoms.